The van der Waals surface area contributed by atoms with Gasteiger partial charge in [0.25, 0.3) is 0 Å². The highest BCUT2D eigenvalue weighted by molar-refractivity contribution is 6.08. The Balaban J connectivity index is 1.39. The monoisotopic (exact) mass is 451 g/mol. The first kappa shape index (κ1) is 19.9. The van der Waals surface area contributed by atoms with Gasteiger partial charge in [-0.3, -0.25) is 9.78 Å². The number of nitrogens with zero attached hydrogens (tertiary/aromatic N) is 2. The van der Waals surface area contributed by atoms with Crippen LogP contribution >= 0.6 is 0 Å². The molecular formula is C31H21N3O. The van der Waals surface area contributed by atoms with Crippen LogP contribution in [0.15, 0.2) is 104 Å². The molecule has 1 aliphatic carbocycles. The second-order valence-electron chi connectivity index (χ2n) is 9.02. The van der Waals surface area contributed by atoms with Crippen molar-refractivity contribution in [3.8, 4) is 22.3 Å². The number of fused-ring (bicyclic) bond motifs is 5. The number of aromatic nitrogens is 3. The molecule has 7 rings (SSSR count). The molecule has 1 atom stereocenters. The molecular weight excluding hydrogens is 430 g/mol. The van der Waals surface area contributed by atoms with Crippen molar-refractivity contribution in [3.63, 3.8) is 0 Å². The number of rotatable bonds is 4. The number of para-hydroxylation sites is 1. The number of hydrogen-bond donors (Lipinski definition) is 1. The van der Waals surface area contributed by atoms with Gasteiger partial charge in [0.05, 0.1) is 5.52 Å². The van der Waals surface area contributed by atoms with Crippen molar-refractivity contribution < 1.29 is 4.79 Å². The van der Waals surface area contributed by atoms with Crippen molar-refractivity contribution >= 4 is 27.7 Å². The summed E-state index contributed by atoms with van der Waals surface area (Å²) in [4.78, 5) is 25.8. The number of benzene rings is 3. The Bertz CT molecular complexity index is 1760. The molecule has 6 aromatic rings. The summed E-state index contributed by atoms with van der Waals surface area (Å²) in [7, 11) is 0. The van der Waals surface area contributed by atoms with Crippen LogP contribution in [0.2, 0.25) is 0 Å². The van der Waals surface area contributed by atoms with Crippen LogP contribution in [0.1, 0.15) is 33.8 Å². The Hall–Kier alpha value is -4.57. The van der Waals surface area contributed by atoms with Crippen molar-refractivity contribution in [2.24, 2.45) is 0 Å². The van der Waals surface area contributed by atoms with Gasteiger partial charge in [0, 0.05) is 52.8 Å². The molecule has 0 spiro atoms. The highest BCUT2D eigenvalue weighted by Gasteiger charge is 2.32. The first-order valence-electron chi connectivity index (χ1n) is 11.8. The summed E-state index contributed by atoms with van der Waals surface area (Å²) < 4.78 is 0. The first-order valence-corrected chi connectivity index (χ1v) is 11.8. The zero-order valence-electron chi connectivity index (χ0n) is 18.9. The fraction of sp³-hybridized carbons (Fsp3) is 0.0645. The average Bonchev–Trinajstić information content (AvgIpc) is 3.51. The van der Waals surface area contributed by atoms with Gasteiger partial charge in [-0.2, -0.15) is 0 Å². The fourth-order valence-electron chi connectivity index (χ4n) is 5.62. The molecule has 1 unspecified atom stereocenters. The molecule has 35 heavy (non-hydrogen) atoms. The van der Waals surface area contributed by atoms with Gasteiger partial charge in [-0.25, -0.2) is 4.98 Å². The van der Waals surface area contributed by atoms with Gasteiger partial charge in [0.15, 0.2) is 5.78 Å². The van der Waals surface area contributed by atoms with E-state index in [0.29, 0.717) is 6.42 Å². The second kappa shape index (κ2) is 7.74. The maximum absolute atomic E-state index is 13.6. The summed E-state index contributed by atoms with van der Waals surface area (Å²) in [6, 6.07) is 29.1. The van der Waals surface area contributed by atoms with Crippen molar-refractivity contribution in [1.82, 2.24) is 15.0 Å². The lowest BCUT2D eigenvalue weighted by atomic mass is 9.88. The Morgan fingerprint density at radius 1 is 0.743 bits per heavy atom. The molecule has 3 heterocycles. The van der Waals surface area contributed by atoms with Gasteiger partial charge in [0.2, 0.25) is 0 Å². The molecule has 0 radical (unpaired) electrons. The van der Waals surface area contributed by atoms with Crippen molar-refractivity contribution in [1.29, 1.82) is 0 Å². The number of nitrogens with one attached hydrogen (secondary N) is 1. The third-order valence-corrected chi connectivity index (χ3v) is 7.15. The van der Waals surface area contributed by atoms with E-state index in [1.165, 1.54) is 22.3 Å². The lowest BCUT2D eigenvalue weighted by Crippen LogP contribution is -2.07. The molecule has 3 aromatic carbocycles. The van der Waals surface area contributed by atoms with E-state index in [0.717, 1.165) is 38.6 Å². The molecule has 0 aliphatic heterocycles. The van der Waals surface area contributed by atoms with E-state index in [-0.39, 0.29) is 11.7 Å². The number of ketones is 1. The summed E-state index contributed by atoms with van der Waals surface area (Å²) in [5.74, 6) is 0.126. The van der Waals surface area contributed by atoms with Gasteiger partial charge in [0.1, 0.15) is 5.65 Å². The lowest BCUT2D eigenvalue weighted by molar-refractivity contribution is 0.0979. The largest absolute Gasteiger partial charge is 0.346 e. The fourth-order valence-corrected chi connectivity index (χ4v) is 5.62. The summed E-state index contributed by atoms with van der Waals surface area (Å²) in [6.07, 6.45) is 5.79. The summed E-state index contributed by atoms with van der Waals surface area (Å²) >= 11 is 0. The predicted octanol–water partition coefficient (Wildman–Crippen LogP) is 7.16. The van der Waals surface area contributed by atoms with Crippen LogP contribution in [0.25, 0.3) is 44.2 Å². The van der Waals surface area contributed by atoms with E-state index in [1.807, 2.05) is 30.6 Å². The molecule has 0 bridgehead atoms. The number of pyridine rings is 2. The third kappa shape index (κ3) is 3.03. The van der Waals surface area contributed by atoms with Crippen LogP contribution < -0.4 is 0 Å². The lowest BCUT2D eigenvalue weighted by Gasteiger charge is -2.15. The van der Waals surface area contributed by atoms with E-state index in [1.54, 1.807) is 6.20 Å². The molecule has 3 aromatic heterocycles. The molecule has 4 heteroatoms. The number of H-pyrrole nitrogens is 1. The smallest absolute Gasteiger partial charge is 0.164 e. The molecule has 0 amide bonds. The minimum absolute atomic E-state index is 0.00116. The molecule has 0 fully saturated rings. The van der Waals surface area contributed by atoms with E-state index in [9.17, 15) is 4.79 Å². The highest BCUT2D eigenvalue weighted by atomic mass is 16.1. The van der Waals surface area contributed by atoms with Crippen LogP contribution in [0, 0.1) is 0 Å². The van der Waals surface area contributed by atoms with Crippen molar-refractivity contribution in [2.45, 2.75) is 12.3 Å². The van der Waals surface area contributed by atoms with Gasteiger partial charge >= 0.3 is 0 Å². The number of Topliss-reactive ketones (excluding diaryl/α,β-unsaturated/α-hetero) is 1. The van der Waals surface area contributed by atoms with Crippen molar-refractivity contribution in [2.75, 3.05) is 0 Å². The summed E-state index contributed by atoms with van der Waals surface area (Å²) in [5, 5.41) is 1.99. The predicted molar refractivity (Wildman–Crippen MR) is 139 cm³/mol. The molecule has 0 saturated heterocycles. The van der Waals surface area contributed by atoms with Crippen LogP contribution in [0.4, 0.5) is 0 Å². The van der Waals surface area contributed by atoms with Crippen LogP contribution in [0.3, 0.4) is 0 Å². The normalized spacial score (nSPS) is 14.2. The van der Waals surface area contributed by atoms with Gasteiger partial charge in [-0.15, -0.1) is 0 Å². The maximum atomic E-state index is 13.6. The van der Waals surface area contributed by atoms with Crippen LogP contribution in [0.5, 0.6) is 0 Å². The topological polar surface area (TPSA) is 58.6 Å². The zero-order chi connectivity index (χ0) is 23.4. The Morgan fingerprint density at radius 2 is 1.54 bits per heavy atom. The van der Waals surface area contributed by atoms with E-state index in [2.05, 4.69) is 76.7 Å². The molecule has 1 N–H and O–H groups in total. The Morgan fingerprint density at radius 3 is 2.51 bits per heavy atom. The first-order chi connectivity index (χ1) is 17.3. The van der Waals surface area contributed by atoms with Gasteiger partial charge < -0.3 is 4.98 Å². The Kier molecular flexibility index (Phi) is 4.39. The SMILES string of the molecule is O=C(CC1c2ccccc2-c2c(-c3cccc4cccnc34)cccc21)c1ccnc2[nH]ccc12. The molecule has 0 saturated carbocycles. The molecule has 1 aliphatic rings. The van der Waals surface area contributed by atoms with Crippen LogP contribution in [-0.4, -0.2) is 20.7 Å². The number of carbonyl (C=O) groups excluding carboxylic acids is 1. The van der Waals surface area contributed by atoms with E-state index < -0.39 is 0 Å². The summed E-state index contributed by atoms with van der Waals surface area (Å²) in [5.41, 5.74) is 9.54. The Labute approximate surface area is 202 Å². The number of carbonyl (C=O) groups is 1. The zero-order valence-corrected chi connectivity index (χ0v) is 18.9. The standard InChI is InChI=1S/C31H21N3O/c35-28(21-13-16-33-31-26(21)14-17-34-31)18-27-20-8-1-2-9-22(20)29-23(10-4-11-24(27)29)25-12-3-6-19-7-5-15-32-30(19)25/h1-17,27H,18H2,(H,33,34). The number of hydrogen-bond acceptors (Lipinski definition) is 3. The maximum Gasteiger partial charge on any atom is 0.164 e. The summed E-state index contributed by atoms with van der Waals surface area (Å²) in [6.45, 7) is 0. The third-order valence-electron chi connectivity index (χ3n) is 7.15. The van der Waals surface area contributed by atoms with Gasteiger partial charge in [-0.1, -0.05) is 66.7 Å². The number of aromatic amines is 1. The minimum Gasteiger partial charge on any atom is -0.346 e. The minimum atomic E-state index is -0.00116. The average molecular weight is 452 g/mol. The van der Waals surface area contributed by atoms with Crippen molar-refractivity contribution in [3.05, 3.63) is 120 Å². The second-order valence-corrected chi connectivity index (χ2v) is 9.02. The van der Waals surface area contributed by atoms with Gasteiger partial charge in [-0.05, 0) is 46.0 Å². The quantitative estimate of drug-likeness (QED) is 0.289. The molecule has 4 nitrogen and oxygen atoms in total. The highest BCUT2D eigenvalue weighted by Crippen LogP contribution is 2.51. The van der Waals surface area contributed by atoms with E-state index in [4.69, 9.17) is 4.98 Å². The van der Waals surface area contributed by atoms with Crippen LogP contribution in [-0.2, 0) is 0 Å². The molecule has 166 valence electrons. The van der Waals surface area contributed by atoms with E-state index >= 15 is 0 Å².